The number of hydrogen-bond acceptors (Lipinski definition) is 5. The molecule has 0 spiro atoms. The molecule has 31 heavy (non-hydrogen) atoms. The predicted molar refractivity (Wildman–Crippen MR) is 117 cm³/mol. The van der Waals surface area contributed by atoms with Crippen LogP contribution in [0.3, 0.4) is 0 Å². The Hall–Kier alpha value is -3.48. The highest BCUT2D eigenvalue weighted by atomic mass is 19.1. The molecule has 2 unspecified atom stereocenters. The van der Waals surface area contributed by atoms with Crippen molar-refractivity contribution in [3.05, 3.63) is 83.9 Å². The monoisotopic (exact) mass is 417 g/mol. The van der Waals surface area contributed by atoms with Crippen molar-refractivity contribution < 1.29 is 9.18 Å². The molecule has 158 valence electrons. The zero-order valence-electron chi connectivity index (χ0n) is 17.1. The molecule has 1 amide bonds. The normalized spacial score (nSPS) is 20.0. The molecule has 1 fully saturated rings. The summed E-state index contributed by atoms with van der Waals surface area (Å²) in [5.41, 5.74) is 3.29. The molecule has 0 bridgehead atoms. The lowest BCUT2D eigenvalue weighted by atomic mass is 9.83. The van der Waals surface area contributed by atoms with Crippen molar-refractivity contribution in [3.63, 3.8) is 0 Å². The van der Waals surface area contributed by atoms with Crippen molar-refractivity contribution in [1.29, 1.82) is 0 Å². The Morgan fingerprint density at radius 3 is 2.61 bits per heavy atom. The number of nitrogens with one attached hydrogen (secondary N) is 1. The number of hydrogen-bond donors (Lipinski definition) is 1. The number of halogens is 1. The molecule has 2 aromatic carbocycles. The molecule has 2 aliphatic heterocycles. The molecule has 2 aliphatic rings. The third kappa shape index (κ3) is 3.95. The Morgan fingerprint density at radius 2 is 1.81 bits per heavy atom. The minimum atomic E-state index is -0.278. The zero-order chi connectivity index (χ0) is 21.2. The number of rotatable bonds is 4. The van der Waals surface area contributed by atoms with Gasteiger partial charge in [-0.05, 0) is 41.8 Å². The van der Waals surface area contributed by atoms with E-state index >= 15 is 0 Å². The Morgan fingerprint density at radius 1 is 1.03 bits per heavy atom. The number of para-hydroxylation sites is 1. The number of carbonyl (C=O) groups is 1. The second-order valence-corrected chi connectivity index (χ2v) is 8.04. The predicted octanol–water partition coefficient (Wildman–Crippen LogP) is 2.80. The van der Waals surface area contributed by atoms with Crippen molar-refractivity contribution in [2.45, 2.75) is 19.0 Å². The largest absolute Gasteiger partial charge is 0.364 e. The van der Waals surface area contributed by atoms with Crippen LogP contribution in [0.25, 0.3) is 0 Å². The van der Waals surface area contributed by atoms with E-state index in [4.69, 9.17) is 0 Å². The van der Waals surface area contributed by atoms with Crippen LogP contribution in [-0.4, -0.2) is 41.6 Å². The number of nitrogens with zero attached hydrogens (tertiary/aromatic N) is 4. The summed E-state index contributed by atoms with van der Waals surface area (Å²) in [6, 6.07) is 16.4. The van der Waals surface area contributed by atoms with Gasteiger partial charge in [-0.2, -0.15) is 0 Å². The summed E-state index contributed by atoms with van der Waals surface area (Å²) in [5.74, 6) is 0.248. The van der Waals surface area contributed by atoms with Gasteiger partial charge in [0.2, 0.25) is 11.9 Å². The molecule has 0 saturated carbocycles. The van der Waals surface area contributed by atoms with Crippen LogP contribution in [0.4, 0.5) is 16.0 Å². The van der Waals surface area contributed by atoms with Gasteiger partial charge in [-0.25, -0.2) is 14.4 Å². The maximum absolute atomic E-state index is 13.3. The smallest absolute Gasteiger partial charge is 0.225 e. The minimum absolute atomic E-state index is 0.0182. The molecular weight excluding hydrogens is 393 g/mol. The van der Waals surface area contributed by atoms with Crippen molar-refractivity contribution in [2.24, 2.45) is 5.92 Å². The van der Waals surface area contributed by atoms with Gasteiger partial charge in [-0.3, -0.25) is 4.79 Å². The first-order valence-electron chi connectivity index (χ1n) is 10.6. The third-order valence-electron chi connectivity index (χ3n) is 6.18. The SMILES string of the molecule is O=C(NCc1ccc(F)cc1)C1Cc2ccccc2N2CCN(c3ncccn3)CC12. The van der Waals surface area contributed by atoms with Gasteiger partial charge in [0.1, 0.15) is 5.82 Å². The van der Waals surface area contributed by atoms with E-state index in [2.05, 4.69) is 43.3 Å². The van der Waals surface area contributed by atoms with Crippen LogP contribution in [0.1, 0.15) is 11.1 Å². The fraction of sp³-hybridized carbons (Fsp3) is 0.292. The van der Waals surface area contributed by atoms with Crippen LogP contribution in [0, 0.1) is 11.7 Å². The first kappa shape index (κ1) is 19.5. The van der Waals surface area contributed by atoms with Gasteiger partial charge in [0.15, 0.2) is 0 Å². The zero-order valence-corrected chi connectivity index (χ0v) is 17.1. The van der Waals surface area contributed by atoms with E-state index in [-0.39, 0.29) is 23.7 Å². The van der Waals surface area contributed by atoms with Gasteiger partial charge >= 0.3 is 0 Å². The number of amides is 1. The molecule has 1 saturated heterocycles. The van der Waals surface area contributed by atoms with Crippen LogP contribution < -0.4 is 15.1 Å². The van der Waals surface area contributed by atoms with Gasteiger partial charge < -0.3 is 15.1 Å². The molecule has 0 radical (unpaired) electrons. The van der Waals surface area contributed by atoms with Gasteiger partial charge in [-0.15, -0.1) is 0 Å². The third-order valence-corrected chi connectivity index (χ3v) is 6.18. The Bertz CT molecular complexity index is 1060. The molecule has 1 N–H and O–H groups in total. The summed E-state index contributed by atoms with van der Waals surface area (Å²) in [6.07, 6.45) is 4.19. The number of benzene rings is 2. The lowest BCUT2D eigenvalue weighted by molar-refractivity contribution is -0.126. The summed E-state index contributed by atoms with van der Waals surface area (Å²) < 4.78 is 13.2. The minimum Gasteiger partial charge on any atom is -0.364 e. The van der Waals surface area contributed by atoms with Gasteiger partial charge in [0.05, 0.1) is 12.0 Å². The number of fused-ring (bicyclic) bond motifs is 3. The highest BCUT2D eigenvalue weighted by molar-refractivity contribution is 5.82. The summed E-state index contributed by atoms with van der Waals surface area (Å²) in [6.45, 7) is 2.68. The first-order chi connectivity index (χ1) is 15.2. The van der Waals surface area contributed by atoms with Crippen LogP contribution in [0.5, 0.6) is 0 Å². The van der Waals surface area contributed by atoms with E-state index in [0.29, 0.717) is 25.5 Å². The topological polar surface area (TPSA) is 61.4 Å². The standard InChI is InChI=1S/C24H24FN5O/c25-19-8-6-17(7-9-19)15-28-23(31)20-14-18-4-1-2-5-21(18)30-13-12-29(16-22(20)30)24-26-10-3-11-27-24/h1-11,20,22H,12-16H2,(H,28,31). The Kier molecular flexibility index (Phi) is 5.24. The molecule has 1 aromatic heterocycles. The second-order valence-electron chi connectivity index (χ2n) is 8.04. The van der Waals surface area contributed by atoms with Gasteiger partial charge in [0, 0.05) is 44.3 Å². The fourth-order valence-electron chi connectivity index (χ4n) is 4.62. The molecule has 0 aliphatic carbocycles. The maximum Gasteiger partial charge on any atom is 0.225 e. The molecule has 2 atom stereocenters. The number of carbonyl (C=O) groups excluding carboxylic acids is 1. The Labute approximate surface area is 180 Å². The van der Waals surface area contributed by atoms with E-state index < -0.39 is 0 Å². The van der Waals surface area contributed by atoms with Crippen LogP contribution >= 0.6 is 0 Å². The van der Waals surface area contributed by atoms with Crippen LogP contribution in [0.15, 0.2) is 67.0 Å². The van der Waals surface area contributed by atoms with Crippen molar-refractivity contribution >= 4 is 17.5 Å². The van der Waals surface area contributed by atoms with Gasteiger partial charge in [-0.1, -0.05) is 30.3 Å². The summed E-state index contributed by atoms with van der Waals surface area (Å²) in [7, 11) is 0. The van der Waals surface area contributed by atoms with E-state index in [0.717, 1.165) is 18.7 Å². The lowest BCUT2D eigenvalue weighted by Crippen LogP contribution is -2.61. The van der Waals surface area contributed by atoms with Crippen molar-refractivity contribution in [2.75, 3.05) is 29.4 Å². The quantitative estimate of drug-likeness (QED) is 0.707. The maximum atomic E-state index is 13.3. The Balaban J connectivity index is 1.38. The highest BCUT2D eigenvalue weighted by Gasteiger charge is 2.41. The molecular formula is C24H24FN5O. The van der Waals surface area contributed by atoms with Crippen molar-refractivity contribution in [1.82, 2.24) is 15.3 Å². The lowest BCUT2D eigenvalue weighted by Gasteiger charge is -2.49. The number of aromatic nitrogens is 2. The average molecular weight is 417 g/mol. The average Bonchev–Trinajstić information content (AvgIpc) is 2.83. The summed E-state index contributed by atoms with van der Waals surface area (Å²) in [5, 5.41) is 3.07. The van der Waals surface area contributed by atoms with Crippen molar-refractivity contribution in [3.8, 4) is 0 Å². The van der Waals surface area contributed by atoms with Crippen LogP contribution in [-0.2, 0) is 17.8 Å². The molecule has 7 heteroatoms. The molecule has 3 heterocycles. The molecule has 3 aromatic rings. The molecule has 5 rings (SSSR count). The highest BCUT2D eigenvalue weighted by Crippen LogP contribution is 2.36. The summed E-state index contributed by atoms with van der Waals surface area (Å²) >= 11 is 0. The van der Waals surface area contributed by atoms with E-state index in [9.17, 15) is 9.18 Å². The fourth-order valence-corrected chi connectivity index (χ4v) is 4.62. The number of piperazine rings is 1. The second kappa shape index (κ2) is 8.34. The first-order valence-corrected chi connectivity index (χ1v) is 10.6. The van der Waals surface area contributed by atoms with E-state index in [1.165, 1.54) is 23.4 Å². The summed E-state index contributed by atoms with van der Waals surface area (Å²) in [4.78, 5) is 26.6. The van der Waals surface area contributed by atoms with E-state index in [1.54, 1.807) is 24.5 Å². The van der Waals surface area contributed by atoms with Crippen LogP contribution in [0.2, 0.25) is 0 Å². The molecule has 6 nitrogen and oxygen atoms in total. The van der Waals surface area contributed by atoms with Gasteiger partial charge in [0.25, 0.3) is 0 Å². The van der Waals surface area contributed by atoms with E-state index in [1.807, 2.05) is 12.1 Å². The number of anilines is 2.